The van der Waals surface area contributed by atoms with Crippen LogP contribution in [0.15, 0.2) is 35.4 Å². The Balaban J connectivity index is 1.93. The van der Waals surface area contributed by atoms with E-state index < -0.39 is 10.0 Å². The Morgan fingerprint density at radius 1 is 1.36 bits per heavy atom. The zero-order valence-electron chi connectivity index (χ0n) is 12.2. The lowest BCUT2D eigenvalue weighted by atomic mass is 10.3. The molecule has 2 rings (SSSR count). The monoisotopic (exact) mass is 339 g/mol. The molecule has 118 valence electrons. The maximum absolute atomic E-state index is 11.2. The van der Waals surface area contributed by atoms with Crippen molar-refractivity contribution in [2.45, 2.75) is 18.4 Å². The van der Waals surface area contributed by atoms with Gasteiger partial charge in [-0.25, -0.2) is 13.6 Å². The molecule has 0 fully saturated rings. The lowest BCUT2D eigenvalue weighted by molar-refractivity contribution is 0.598. The van der Waals surface area contributed by atoms with Crippen LogP contribution in [0, 0.1) is 6.92 Å². The van der Waals surface area contributed by atoms with Crippen LogP contribution in [0.5, 0.6) is 0 Å². The topological polar surface area (TPSA) is 102 Å². The minimum atomic E-state index is -3.68. The zero-order chi connectivity index (χ0) is 16.3. The highest BCUT2D eigenvalue weighted by Gasteiger charge is 2.07. The quantitative estimate of drug-likeness (QED) is 0.714. The third-order valence-electron chi connectivity index (χ3n) is 3.00. The van der Waals surface area contributed by atoms with Gasteiger partial charge in [0.15, 0.2) is 5.11 Å². The van der Waals surface area contributed by atoms with Crippen molar-refractivity contribution in [2.75, 3.05) is 5.32 Å². The summed E-state index contributed by atoms with van der Waals surface area (Å²) in [5, 5.41) is 15.8. The highest BCUT2D eigenvalue weighted by Crippen LogP contribution is 2.12. The fourth-order valence-corrected chi connectivity index (χ4v) is 2.61. The van der Waals surface area contributed by atoms with Crippen LogP contribution in [-0.2, 0) is 23.6 Å². The number of nitrogens with zero attached hydrogens (tertiary/aromatic N) is 2. The van der Waals surface area contributed by atoms with Crippen LogP contribution in [0.3, 0.4) is 0 Å². The van der Waals surface area contributed by atoms with Crippen molar-refractivity contribution >= 4 is 33.0 Å². The van der Waals surface area contributed by atoms with Gasteiger partial charge in [-0.05, 0) is 43.4 Å². The Morgan fingerprint density at radius 2 is 2.00 bits per heavy atom. The Bertz CT molecular complexity index is 781. The van der Waals surface area contributed by atoms with Gasteiger partial charge in [-0.1, -0.05) is 0 Å². The van der Waals surface area contributed by atoms with Crippen LogP contribution in [0.2, 0.25) is 0 Å². The standard InChI is InChI=1S/C13H17N5O2S2/c1-9-10(8-18(2)17-9)7-15-13(21)16-11-3-5-12(6-4-11)22(14,19)20/h3-6,8H,7H2,1-2H3,(H2,14,19,20)(H2,15,16,21). The van der Waals surface area contributed by atoms with Gasteiger partial charge in [-0.3, -0.25) is 4.68 Å². The minimum absolute atomic E-state index is 0.0583. The van der Waals surface area contributed by atoms with E-state index in [0.717, 1.165) is 11.3 Å². The highest BCUT2D eigenvalue weighted by molar-refractivity contribution is 7.89. The number of anilines is 1. The van der Waals surface area contributed by atoms with Gasteiger partial charge in [0.2, 0.25) is 10.0 Å². The van der Waals surface area contributed by atoms with Crippen LogP contribution < -0.4 is 15.8 Å². The number of hydrogen-bond acceptors (Lipinski definition) is 4. The summed E-state index contributed by atoms with van der Waals surface area (Å²) in [5.74, 6) is 0. The third kappa shape index (κ3) is 4.26. The maximum Gasteiger partial charge on any atom is 0.238 e. The van der Waals surface area contributed by atoms with E-state index in [1.54, 1.807) is 16.8 Å². The number of nitrogens with two attached hydrogens (primary N) is 1. The molecule has 0 atom stereocenters. The van der Waals surface area contributed by atoms with Gasteiger partial charge in [-0.15, -0.1) is 0 Å². The van der Waals surface area contributed by atoms with Gasteiger partial charge in [0.25, 0.3) is 0 Å². The molecule has 7 nitrogen and oxygen atoms in total. The van der Waals surface area contributed by atoms with E-state index in [9.17, 15) is 8.42 Å². The molecule has 0 aliphatic heterocycles. The van der Waals surface area contributed by atoms with Gasteiger partial charge in [0.1, 0.15) is 0 Å². The summed E-state index contributed by atoms with van der Waals surface area (Å²) in [6.45, 7) is 2.49. The Kier molecular flexibility index (Phi) is 4.79. The molecule has 0 spiro atoms. The van der Waals surface area contributed by atoms with Crippen molar-refractivity contribution in [3.63, 3.8) is 0 Å². The molecule has 2 aromatic rings. The molecular formula is C13H17N5O2S2. The molecule has 0 unspecified atom stereocenters. The van der Waals surface area contributed by atoms with E-state index in [2.05, 4.69) is 15.7 Å². The van der Waals surface area contributed by atoms with E-state index in [1.165, 1.54) is 12.1 Å². The van der Waals surface area contributed by atoms with E-state index in [-0.39, 0.29) is 4.90 Å². The predicted molar refractivity (Wildman–Crippen MR) is 88.8 cm³/mol. The van der Waals surface area contributed by atoms with Crippen molar-refractivity contribution in [3.05, 3.63) is 41.7 Å². The number of sulfonamides is 1. The number of rotatable bonds is 4. The van der Waals surface area contributed by atoms with Gasteiger partial charge in [0, 0.05) is 31.0 Å². The van der Waals surface area contributed by atoms with Crippen LogP contribution in [0.25, 0.3) is 0 Å². The lowest BCUT2D eigenvalue weighted by Gasteiger charge is -2.10. The number of hydrogen-bond donors (Lipinski definition) is 3. The summed E-state index contributed by atoms with van der Waals surface area (Å²) >= 11 is 5.20. The predicted octanol–water partition coefficient (Wildman–Crippen LogP) is 0.863. The lowest BCUT2D eigenvalue weighted by Crippen LogP contribution is -2.28. The summed E-state index contributed by atoms with van der Waals surface area (Å²) in [7, 11) is -1.82. The molecule has 0 saturated heterocycles. The molecule has 1 heterocycles. The molecule has 4 N–H and O–H groups in total. The second kappa shape index (κ2) is 6.42. The number of nitrogens with one attached hydrogen (secondary N) is 2. The summed E-state index contributed by atoms with van der Waals surface area (Å²) in [5.41, 5.74) is 2.67. The summed E-state index contributed by atoms with van der Waals surface area (Å²) in [6, 6.07) is 6.04. The number of aryl methyl sites for hydroxylation is 2. The van der Waals surface area contributed by atoms with Gasteiger partial charge in [0.05, 0.1) is 10.6 Å². The summed E-state index contributed by atoms with van der Waals surface area (Å²) in [4.78, 5) is 0.0583. The minimum Gasteiger partial charge on any atom is -0.358 e. The van der Waals surface area contributed by atoms with E-state index in [0.29, 0.717) is 17.3 Å². The number of primary sulfonamides is 1. The number of aromatic nitrogens is 2. The normalized spacial score (nSPS) is 11.2. The molecule has 0 saturated carbocycles. The molecular weight excluding hydrogens is 322 g/mol. The second-order valence-electron chi connectivity index (χ2n) is 4.79. The summed E-state index contributed by atoms with van der Waals surface area (Å²) < 4.78 is 24.1. The molecule has 0 aliphatic rings. The van der Waals surface area contributed by atoms with Crippen LogP contribution in [-0.4, -0.2) is 23.3 Å². The highest BCUT2D eigenvalue weighted by atomic mass is 32.2. The first-order valence-corrected chi connectivity index (χ1v) is 8.38. The third-order valence-corrected chi connectivity index (χ3v) is 4.17. The molecule has 1 aromatic heterocycles. The fourth-order valence-electron chi connectivity index (χ4n) is 1.90. The first-order valence-electron chi connectivity index (χ1n) is 6.42. The molecule has 0 bridgehead atoms. The first kappa shape index (κ1) is 16.4. The Hall–Kier alpha value is -1.97. The second-order valence-corrected chi connectivity index (χ2v) is 6.76. The first-order chi connectivity index (χ1) is 10.3. The smallest absolute Gasteiger partial charge is 0.238 e. The van der Waals surface area contributed by atoms with Gasteiger partial charge >= 0.3 is 0 Å². The Labute approximate surface area is 134 Å². The van der Waals surface area contributed by atoms with E-state index in [4.69, 9.17) is 17.4 Å². The van der Waals surface area contributed by atoms with Crippen LogP contribution >= 0.6 is 12.2 Å². The van der Waals surface area contributed by atoms with E-state index >= 15 is 0 Å². The SMILES string of the molecule is Cc1nn(C)cc1CNC(=S)Nc1ccc(S(N)(=O)=O)cc1. The number of benzene rings is 1. The largest absolute Gasteiger partial charge is 0.358 e. The fraction of sp³-hybridized carbons (Fsp3) is 0.231. The van der Waals surface area contributed by atoms with Crippen molar-refractivity contribution in [1.82, 2.24) is 15.1 Å². The maximum atomic E-state index is 11.2. The van der Waals surface area contributed by atoms with Crippen molar-refractivity contribution < 1.29 is 8.42 Å². The Morgan fingerprint density at radius 3 is 2.50 bits per heavy atom. The van der Waals surface area contributed by atoms with Crippen molar-refractivity contribution in [3.8, 4) is 0 Å². The molecule has 0 aliphatic carbocycles. The van der Waals surface area contributed by atoms with Gasteiger partial charge in [-0.2, -0.15) is 5.10 Å². The number of thiocarbonyl (C=S) groups is 1. The van der Waals surface area contributed by atoms with Crippen LogP contribution in [0.4, 0.5) is 5.69 Å². The molecule has 22 heavy (non-hydrogen) atoms. The molecule has 0 radical (unpaired) electrons. The molecule has 1 aromatic carbocycles. The average molecular weight is 339 g/mol. The summed E-state index contributed by atoms with van der Waals surface area (Å²) in [6.07, 6.45) is 1.92. The molecule has 0 amide bonds. The van der Waals surface area contributed by atoms with Gasteiger partial charge < -0.3 is 10.6 Å². The van der Waals surface area contributed by atoms with E-state index in [1.807, 2.05) is 20.2 Å². The molecule has 9 heteroatoms. The van der Waals surface area contributed by atoms with Crippen LogP contribution in [0.1, 0.15) is 11.3 Å². The van der Waals surface area contributed by atoms with Crippen molar-refractivity contribution in [1.29, 1.82) is 0 Å². The van der Waals surface area contributed by atoms with Crippen molar-refractivity contribution in [2.24, 2.45) is 12.2 Å². The average Bonchev–Trinajstić information content (AvgIpc) is 2.74. The zero-order valence-corrected chi connectivity index (χ0v) is 13.8.